The van der Waals surface area contributed by atoms with Crippen LogP contribution in [0.25, 0.3) is 11.3 Å². The summed E-state index contributed by atoms with van der Waals surface area (Å²) in [4.78, 5) is 5.48. The minimum atomic E-state index is 0.592. The van der Waals surface area contributed by atoms with Gasteiger partial charge in [-0.1, -0.05) is 0 Å². The van der Waals surface area contributed by atoms with Gasteiger partial charge in [-0.25, -0.2) is 4.98 Å². The molecule has 0 amide bonds. The molecule has 2 N–H and O–H groups in total. The number of aryl methyl sites for hydroxylation is 1. The Kier molecular flexibility index (Phi) is 5.96. The van der Waals surface area contributed by atoms with Crippen LogP contribution in [0.15, 0.2) is 48.5 Å². The van der Waals surface area contributed by atoms with Crippen LogP contribution in [0.5, 0.6) is 17.2 Å². The van der Waals surface area contributed by atoms with Gasteiger partial charge < -0.3 is 19.9 Å². The molecule has 0 fully saturated rings. The Bertz CT molecular complexity index is 829. The van der Waals surface area contributed by atoms with Gasteiger partial charge in [0.1, 0.15) is 17.2 Å². The predicted octanol–water partition coefficient (Wildman–Crippen LogP) is 4.56. The third-order valence-corrected chi connectivity index (χ3v) is 4.63. The standard InChI is InChI=1S/C20H22N2O3S/c1-14-19(22-20(21)26-14)15-4-6-17(7-5-15)24-12-3-13-25-18-10-8-16(23-2)9-11-18/h4-11H,3,12-13H2,1-2H3,(H2,21,22). The second kappa shape index (κ2) is 8.58. The molecule has 136 valence electrons. The Hall–Kier alpha value is -2.73. The molecule has 0 aliphatic rings. The number of nitrogen functional groups attached to an aromatic ring is 1. The predicted molar refractivity (Wildman–Crippen MR) is 105 cm³/mol. The molecule has 3 aromatic rings. The summed E-state index contributed by atoms with van der Waals surface area (Å²) >= 11 is 1.50. The van der Waals surface area contributed by atoms with Gasteiger partial charge in [0.2, 0.25) is 0 Å². The Morgan fingerprint density at radius 1 is 0.885 bits per heavy atom. The lowest BCUT2D eigenvalue weighted by Crippen LogP contribution is -2.05. The molecular formula is C20H22N2O3S. The normalized spacial score (nSPS) is 10.5. The van der Waals surface area contributed by atoms with Crippen LogP contribution in [-0.4, -0.2) is 25.3 Å². The highest BCUT2D eigenvalue weighted by molar-refractivity contribution is 7.15. The number of aromatic nitrogens is 1. The van der Waals surface area contributed by atoms with Gasteiger partial charge in [0.25, 0.3) is 0 Å². The van der Waals surface area contributed by atoms with Crippen LogP contribution in [0.4, 0.5) is 5.13 Å². The van der Waals surface area contributed by atoms with Crippen LogP contribution < -0.4 is 19.9 Å². The number of nitrogens with zero attached hydrogens (tertiary/aromatic N) is 1. The first-order valence-corrected chi connectivity index (χ1v) is 9.20. The maximum absolute atomic E-state index is 5.76. The molecule has 0 saturated heterocycles. The van der Waals surface area contributed by atoms with E-state index in [2.05, 4.69) is 4.98 Å². The van der Waals surface area contributed by atoms with Crippen LogP contribution in [0, 0.1) is 6.92 Å². The Labute approximate surface area is 157 Å². The monoisotopic (exact) mass is 370 g/mol. The van der Waals surface area contributed by atoms with Crippen LogP contribution in [0.2, 0.25) is 0 Å². The summed E-state index contributed by atoms with van der Waals surface area (Å²) in [5, 5.41) is 0.592. The Morgan fingerprint density at radius 3 is 1.92 bits per heavy atom. The molecule has 0 spiro atoms. The smallest absolute Gasteiger partial charge is 0.180 e. The molecule has 26 heavy (non-hydrogen) atoms. The quantitative estimate of drug-likeness (QED) is 0.589. The van der Waals surface area contributed by atoms with Crippen molar-refractivity contribution >= 4 is 16.5 Å². The second-order valence-electron chi connectivity index (χ2n) is 5.71. The number of ether oxygens (including phenoxy) is 3. The molecule has 3 rings (SSSR count). The van der Waals surface area contributed by atoms with Crippen molar-refractivity contribution in [3.8, 4) is 28.5 Å². The first-order chi connectivity index (χ1) is 12.7. The van der Waals surface area contributed by atoms with Crippen molar-refractivity contribution in [2.24, 2.45) is 0 Å². The fourth-order valence-electron chi connectivity index (χ4n) is 2.50. The number of hydrogen-bond donors (Lipinski definition) is 1. The number of thiazole rings is 1. The Balaban J connectivity index is 1.42. The van der Waals surface area contributed by atoms with Gasteiger partial charge in [0.15, 0.2) is 5.13 Å². The molecule has 1 heterocycles. The first-order valence-electron chi connectivity index (χ1n) is 8.38. The molecule has 2 aromatic carbocycles. The zero-order valence-corrected chi connectivity index (χ0v) is 15.7. The van der Waals surface area contributed by atoms with Crippen molar-refractivity contribution < 1.29 is 14.2 Å². The van der Waals surface area contributed by atoms with E-state index < -0.39 is 0 Å². The molecule has 0 saturated carbocycles. The fraction of sp³-hybridized carbons (Fsp3) is 0.250. The summed E-state index contributed by atoms with van der Waals surface area (Å²) in [6.45, 7) is 3.22. The number of methoxy groups -OCH3 is 1. The van der Waals surface area contributed by atoms with E-state index in [1.165, 1.54) is 11.3 Å². The van der Waals surface area contributed by atoms with Gasteiger partial charge >= 0.3 is 0 Å². The molecule has 0 aliphatic carbocycles. The molecule has 1 aromatic heterocycles. The van der Waals surface area contributed by atoms with E-state index in [0.717, 1.165) is 39.8 Å². The number of rotatable bonds is 8. The largest absolute Gasteiger partial charge is 0.497 e. The number of anilines is 1. The van der Waals surface area contributed by atoms with Crippen LogP contribution >= 0.6 is 11.3 Å². The van der Waals surface area contributed by atoms with Gasteiger partial charge in [0, 0.05) is 16.9 Å². The molecule has 0 radical (unpaired) electrons. The highest BCUT2D eigenvalue weighted by Gasteiger charge is 2.08. The minimum Gasteiger partial charge on any atom is -0.497 e. The van der Waals surface area contributed by atoms with Crippen molar-refractivity contribution in [3.63, 3.8) is 0 Å². The van der Waals surface area contributed by atoms with Crippen molar-refractivity contribution in [2.45, 2.75) is 13.3 Å². The van der Waals surface area contributed by atoms with Crippen molar-refractivity contribution in [3.05, 3.63) is 53.4 Å². The van der Waals surface area contributed by atoms with Crippen LogP contribution in [0.1, 0.15) is 11.3 Å². The van der Waals surface area contributed by atoms with E-state index >= 15 is 0 Å². The molecule has 0 atom stereocenters. The van der Waals surface area contributed by atoms with Crippen molar-refractivity contribution in [1.82, 2.24) is 4.98 Å². The Morgan fingerprint density at radius 2 is 1.42 bits per heavy atom. The van der Waals surface area contributed by atoms with E-state index in [1.807, 2.05) is 55.5 Å². The van der Waals surface area contributed by atoms with Crippen molar-refractivity contribution in [2.75, 3.05) is 26.1 Å². The van der Waals surface area contributed by atoms with Gasteiger partial charge in [-0.05, 0) is 55.5 Å². The SMILES string of the molecule is COc1ccc(OCCCOc2ccc(-c3nc(N)sc3C)cc2)cc1. The second-order valence-corrected chi connectivity index (χ2v) is 6.94. The fourth-order valence-corrected chi connectivity index (χ4v) is 3.22. The van der Waals surface area contributed by atoms with E-state index in [4.69, 9.17) is 19.9 Å². The van der Waals surface area contributed by atoms with Gasteiger partial charge in [0.05, 0.1) is 26.0 Å². The molecule has 0 unspecified atom stereocenters. The van der Waals surface area contributed by atoms with E-state index in [0.29, 0.717) is 18.3 Å². The summed E-state index contributed by atoms with van der Waals surface area (Å²) in [5.74, 6) is 2.48. The highest BCUT2D eigenvalue weighted by atomic mass is 32.1. The van der Waals surface area contributed by atoms with Crippen LogP contribution in [0.3, 0.4) is 0 Å². The summed E-state index contributed by atoms with van der Waals surface area (Å²) < 4.78 is 16.6. The molecule has 6 heteroatoms. The molecule has 5 nitrogen and oxygen atoms in total. The average molecular weight is 370 g/mol. The zero-order chi connectivity index (χ0) is 18.4. The maximum atomic E-state index is 5.76. The van der Waals surface area contributed by atoms with E-state index in [-0.39, 0.29) is 0 Å². The lowest BCUT2D eigenvalue weighted by atomic mass is 10.1. The number of hydrogen-bond acceptors (Lipinski definition) is 6. The molecule has 0 bridgehead atoms. The first kappa shape index (κ1) is 18.1. The lowest BCUT2D eigenvalue weighted by molar-refractivity contribution is 0.247. The molecular weight excluding hydrogens is 348 g/mol. The van der Waals surface area contributed by atoms with Crippen LogP contribution in [-0.2, 0) is 0 Å². The third kappa shape index (κ3) is 4.67. The van der Waals surface area contributed by atoms with Gasteiger partial charge in [-0.2, -0.15) is 0 Å². The van der Waals surface area contributed by atoms with E-state index in [1.54, 1.807) is 7.11 Å². The molecule has 0 aliphatic heterocycles. The number of nitrogens with two attached hydrogens (primary N) is 1. The zero-order valence-electron chi connectivity index (χ0n) is 14.9. The average Bonchev–Trinajstić information content (AvgIpc) is 3.00. The third-order valence-electron chi connectivity index (χ3n) is 3.83. The minimum absolute atomic E-state index is 0.592. The summed E-state index contributed by atoms with van der Waals surface area (Å²) in [5.41, 5.74) is 7.75. The topological polar surface area (TPSA) is 66.6 Å². The number of benzene rings is 2. The summed E-state index contributed by atoms with van der Waals surface area (Å²) in [6.07, 6.45) is 0.801. The summed E-state index contributed by atoms with van der Waals surface area (Å²) in [6, 6.07) is 15.5. The van der Waals surface area contributed by atoms with Gasteiger partial charge in [-0.15, -0.1) is 11.3 Å². The summed E-state index contributed by atoms with van der Waals surface area (Å²) in [7, 11) is 1.65. The van der Waals surface area contributed by atoms with E-state index in [9.17, 15) is 0 Å². The highest BCUT2D eigenvalue weighted by Crippen LogP contribution is 2.29. The van der Waals surface area contributed by atoms with Gasteiger partial charge in [-0.3, -0.25) is 0 Å². The van der Waals surface area contributed by atoms with Crippen molar-refractivity contribution in [1.29, 1.82) is 0 Å². The lowest BCUT2D eigenvalue weighted by Gasteiger charge is -2.09. The maximum Gasteiger partial charge on any atom is 0.180 e.